The maximum Gasteiger partial charge on any atom is 0.310 e. The lowest BCUT2D eigenvalue weighted by Gasteiger charge is -2.24. The molecule has 0 saturated heterocycles. The van der Waals surface area contributed by atoms with Crippen LogP contribution in [0.25, 0.3) is 0 Å². The van der Waals surface area contributed by atoms with E-state index in [2.05, 4.69) is 15.5 Å². The third-order valence-electron chi connectivity index (χ3n) is 4.02. The van der Waals surface area contributed by atoms with Gasteiger partial charge in [0.2, 0.25) is 5.91 Å². The van der Waals surface area contributed by atoms with Gasteiger partial charge in [-0.25, -0.2) is 0 Å². The lowest BCUT2D eigenvalue weighted by Crippen LogP contribution is -2.37. The first-order valence-corrected chi connectivity index (χ1v) is 6.81. The first kappa shape index (κ1) is 14.5. The van der Waals surface area contributed by atoms with Crippen LogP contribution < -0.4 is 5.32 Å². The number of rotatable bonds is 5. The number of nitrogens with zero attached hydrogens (tertiary/aromatic N) is 3. The van der Waals surface area contributed by atoms with E-state index in [4.69, 9.17) is 0 Å². The van der Waals surface area contributed by atoms with Gasteiger partial charge in [0.1, 0.15) is 6.33 Å². The van der Waals surface area contributed by atoms with Gasteiger partial charge >= 0.3 is 5.97 Å². The van der Waals surface area contributed by atoms with Gasteiger partial charge in [0, 0.05) is 13.5 Å². The Morgan fingerprint density at radius 3 is 2.65 bits per heavy atom. The van der Waals surface area contributed by atoms with Crippen LogP contribution in [0.4, 0.5) is 0 Å². The lowest BCUT2D eigenvalue weighted by atomic mass is 9.82. The molecular formula is C13H20N4O3. The zero-order valence-corrected chi connectivity index (χ0v) is 11.8. The largest absolute Gasteiger partial charge is 0.481 e. The summed E-state index contributed by atoms with van der Waals surface area (Å²) >= 11 is 0. The Hall–Kier alpha value is -1.92. The van der Waals surface area contributed by atoms with Crippen LogP contribution in [0.15, 0.2) is 6.33 Å². The van der Waals surface area contributed by atoms with Crippen LogP contribution in [0, 0.1) is 5.41 Å². The van der Waals surface area contributed by atoms with E-state index in [1.807, 2.05) is 6.92 Å². The zero-order valence-electron chi connectivity index (χ0n) is 11.8. The summed E-state index contributed by atoms with van der Waals surface area (Å²) in [5.74, 6) is -0.463. The molecule has 0 aromatic carbocycles. The molecule has 1 aliphatic carbocycles. The number of nitrogens with one attached hydrogen (secondary N) is 1. The van der Waals surface area contributed by atoms with E-state index in [-0.39, 0.29) is 18.4 Å². The molecule has 1 amide bonds. The highest BCUT2D eigenvalue weighted by atomic mass is 16.4. The fourth-order valence-electron chi connectivity index (χ4n) is 2.87. The first-order chi connectivity index (χ1) is 9.44. The molecule has 1 heterocycles. The van der Waals surface area contributed by atoms with Crippen molar-refractivity contribution in [2.45, 2.75) is 45.1 Å². The Morgan fingerprint density at radius 1 is 1.50 bits per heavy atom. The molecule has 1 aromatic heterocycles. The summed E-state index contributed by atoms with van der Waals surface area (Å²) in [5.41, 5.74) is -0.885. The van der Waals surface area contributed by atoms with Crippen molar-refractivity contribution in [2.24, 2.45) is 12.5 Å². The summed E-state index contributed by atoms with van der Waals surface area (Å²) in [6.45, 7) is 1.81. The summed E-state index contributed by atoms with van der Waals surface area (Å²) in [5, 5.41) is 19.9. The standard InChI is InChI=1S/C13H20N4O3/c1-9(11-16-14-8-17(11)2)15-10(18)7-13(12(19)20)5-3-4-6-13/h8-9H,3-7H2,1-2H3,(H,15,18)(H,19,20). The number of carbonyl (C=O) groups is 2. The molecule has 0 bridgehead atoms. The Morgan fingerprint density at radius 2 is 2.15 bits per heavy atom. The molecule has 1 saturated carbocycles. The van der Waals surface area contributed by atoms with Gasteiger partial charge in [-0.05, 0) is 19.8 Å². The van der Waals surface area contributed by atoms with Gasteiger partial charge in [-0.2, -0.15) is 0 Å². The summed E-state index contributed by atoms with van der Waals surface area (Å²) in [6, 6.07) is -0.290. The van der Waals surface area contributed by atoms with Gasteiger partial charge in [0.05, 0.1) is 11.5 Å². The highest BCUT2D eigenvalue weighted by molar-refractivity contribution is 5.85. The summed E-state index contributed by atoms with van der Waals surface area (Å²) in [6.07, 6.45) is 4.50. The van der Waals surface area contributed by atoms with E-state index in [0.29, 0.717) is 18.7 Å². The Labute approximate surface area is 117 Å². The molecule has 1 aliphatic rings. The van der Waals surface area contributed by atoms with Crippen LogP contribution in [0.5, 0.6) is 0 Å². The van der Waals surface area contributed by atoms with Gasteiger partial charge in [-0.15, -0.1) is 10.2 Å². The van der Waals surface area contributed by atoms with Gasteiger partial charge in [-0.3, -0.25) is 9.59 Å². The van der Waals surface area contributed by atoms with Crippen LogP contribution in [-0.2, 0) is 16.6 Å². The van der Waals surface area contributed by atoms with Crippen LogP contribution in [-0.4, -0.2) is 31.7 Å². The second-order valence-electron chi connectivity index (χ2n) is 5.56. The number of amides is 1. The number of aryl methyl sites for hydroxylation is 1. The Balaban J connectivity index is 1.98. The molecule has 2 rings (SSSR count). The fraction of sp³-hybridized carbons (Fsp3) is 0.692. The molecule has 0 aliphatic heterocycles. The van der Waals surface area contributed by atoms with E-state index in [9.17, 15) is 14.7 Å². The minimum atomic E-state index is -0.885. The van der Waals surface area contributed by atoms with Gasteiger partial charge in [-0.1, -0.05) is 12.8 Å². The van der Waals surface area contributed by atoms with Crippen molar-refractivity contribution >= 4 is 11.9 Å². The van der Waals surface area contributed by atoms with Gasteiger partial charge in [0.15, 0.2) is 5.82 Å². The quantitative estimate of drug-likeness (QED) is 0.839. The van der Waals surface area contributed by atoms with Crippen LogP contribution in [0.1, 0.15) is 50.9 Å². The third kappa shape index (κ3) is 2.81. The molecule has 1 aromatic rings. The predicted molar refractivity (Wildman–Crippen MR) is 70.7 cm³/mol. The van der Waals surface area contributed by atoms with E-state index in [0.717, 1.165) is 12.8 Å². The molecule has 0 radical (unpaired) electrons. The molecule has 7 nitrogen and oxygen atoms in total. The maximum absolute atomic E-state index is 12.1. The van der Waals surface area contributed by atoms with Gasteiger partial charge < -0.3 is 15.0 Å². The van der Waals surface area contributed by atoms with Crippen molar-refractivity contribution in [3.63, 3.8) is 0 Å². The van der Waals surface area contributed by atoms with Crippen molar-refractivity contribution < 1.29 is 14.7 Å². The molecule has 110 valence electrons. The Bertz CT molecular complexity index is 505. The van der Waals surface area contributed by atoms with Crippen molar-refractivity contribution in [1.82, 2.24) is 20.1 Å². The molecular weight excluding hydrogens is 260 g/mol. The average molecular weight is 280 g/mol. The van der Waals surface area contributed by atoms with E-state index in [1.54, 1.807) is 17.9 Å². The van der Waals surface area contributed by atoms with Crippen molar-refractivity contribution in [3.05, 3.63) is 12.2 Å². The van der Waals surface area contributed by atoms with E-state index < -0.39 is 11.4 Å². The molecule has 1 unspecified atom stereocenters. The molecule has 0 spiro atoms. The first-order valence-electron chi connectivity index (χ1n) is 6.81. The molecule has 20 heavy (non-hydrogen) atoms. The van der Waals surface area contributed by atoms with Crippen molar-refractivity contribution in [2.75, 3.05) is 0 Å². The number of carbonyl (C=O) groups excluding carboxylic acids is 1. The summed E-state index contributed by atoms with van der Waals surface area (Å²) < 4.78 is 1.73. The fourth-order valence-corrected chi connectivity index (χ4v) is 2.87. The summed E-state index contributed by atoms with van der Waals surface area (Å²) in [4.78, 5) is 23.5. The number of aromatic nitrogens is 3. The number of carboxylic acids is 1. The smallest absolute Gasteiger partial charge is 0.310 e. The predicted octanol–water partition coefficient (Wildman–Crippen LogP) is 1.03. The lowest BCUT2D eigenvalue weighted by molar-refractivity contribution is -0.151. The number of aliphatic carboxylic acids is 1. The molecule has 1 fully saturated rings. The van der Waals surface area contributed by atoms with Crippen LogP contribution in [0.3, 0.4) is 0 Å². The highest BCUT2D eigenvalue weighted by Gasteiger charge is 2.43. The van der Waals surface area contributed by atoms with E-state index >= 15 is 0 Å². The SMILES string of the molecule is CC(NC(=O)CC1(C(=O)O)CCCC1)c1nncn1C. The number of carboxylic acid groups (broad SMARTS) is 1. The van der Waals surface area contributed by atoms with Crippen molar-refractivity contribution in [1.29, 1.82) is 0 Å². The molecule has 7 heteroatoms. The normalized spacial score (nSPS) is 18.7. The number of hydrogen-bond donors (Lipinski definition) is 2. The Kier molecular flexibility index (Phi) is 4.06. The third-order valence-corrected chi connectivity index (χ3v) is 4.02. The van der Waals surface area contributed by atoms with E-state index in [1.165, 1.54) is 0 Å². The maximum atomic E-state index is 12.1. The number of hydrogen-bond acceptors (Lipinski definition) is 4. The second kappa shape index (κ2) is 5.60. The molecule has 1 atom stereocenters. The van der Waals surface area contributed by atoms with Crippen LogP contribution >= 0.6 is 0 Å². The topological polar surface area (TPSA) is 97.1 Å². The summed E-state index contributed by atoms with van der Waals surface area (Å²) in [7, 11) is 1.80. The minimum absolute atomic E-state index is 0.0323. The highest BCUT2D eigenvalue weighted by Crippen LogP contribution is 2.41. The monoisotopic (exact) mass is 280 g/mol. The molecule has 2 N–H and O–H groups in total. The second-order valence-corrected chi connectivity index (χ2v) is 5.56. The van der Waals surface area contributed by atoms with Crippen LogP contribution in [0.2, 0.25) is 0 Å². The van der Waals surface area contributed by atoms with Crippen molar-refractivity contribution in [3.8, 4) is 0 Å². The zero-order chi connectivity index (χ0) is 14.8. The van der Waals surface area contributed by atoms with Gasteiger partial charge in [0.25, 0.3) is 0 Å². The average Bonchev–Trinajstić information content (AvgIpc) is 2.98. The minimum Gasteiger partial charge on any atom is -0.481 e.